The molecule has 0 saturated heterocycles. The van der Waals surface area contributed by atoms with Gasteiger partial charge in [-0.1, -0.05) is 11.6 Å². The number of amides is 1. The van der Waals surface area contributed by atoms with Gasteiger partial charge in [-0.15, -0.1) is 23.4 Å². The molecule has 1 aromatic heterocycles. The van der Waals surface area contributed by atoms with E-state index in [1.165, 1.54) is 0 Å². The van der Waals surface area contributed by atoms with Crippen molar-refractivity contribution in [3.8, 4) is 5.75 Å². The summed E-state index contributed by atoms with van der Waals surface area (Å²) < 4.78 is 52.6. The van der Waals surface area contributed by atoms with E-state index in [1.54, 1.807) is 18.2 Å². The topological polar surface area (TPSA) is 107 Å². The van der Waals surface area contributed by atoms with Crippen LogP contribution in [-0.2, 0) is 14.9 Å². The van der Waals surface area contributed by atoms with E-state index in [-0.39, 0.29) is 42.0 Å². The van der Waals surface area contributed by atoms with Crippen molar-refractivity contribution >= 4 is 17.5 Å². The van der Waals surface area contributed by atoms with Gasteiger partial charge in [0.05, 0.1) is 24.0 Å². The molecule has 0 unspecified atom stereocenters. The second-order valence-electron chi connectivity index (χ2n) is 10.3. The van der Waals surface area contributed by atoms with Crippen molar-refractivity contribution in [2.45, 2.75) is 86.5 Å². The minimum Gasteiger partial charge on any atom is -0.489 e. The number of hydrogen-bond donors (Lipinski definition) is 2. The van der Waals surface area contributed by atoms with Gasteiger partial charge < -0.3 is 19.6 Å². The number of rotatable bonds is 6. The van der Waals surface area contributed by atoms with Gasteiger partial charge in [0, 0.05) is 28.5 Å². The van der Waals surface area contributed by atoms with Crippen molar-refractivity contribution in [1.82, 2.24) is 15.5 Å². The second-order valence-corrected chi connectivity index (χ2v) is 10.8. The van der Waals surface area contributed by atoms with Crippen molar-refractivity contribution in [3.05, 3.63) is 40.6 Å². The van der Waals surface area contributed by atoms with E-state index in [1.807, 2.05) is 0 Å². The molecule has 4 aliphatic carbocycles. The third-order valence-electron chi connectivity index (χ3n) is 7.60. The molecule has 1 aliphatic heterocycles. The summed E-state index contributed by atoms with van der Waals surface area (Å²) in [5.74, 6) is 0.989. The van der Waals surface area contributed by atoms with Crippen molar-refractivity contribution in [1.29, 1.82) is 0 Å². The molecule has 2 bridgehead atoms. The number of aliphatic hydroxyl groups is 1. The van der Waals surface area contributed by atoms with Gasteiger partial charge in [0.25, 0.3) is 0 Å². The first-order valence-electron chi connectivity index (χ1n) is 11.6. The summed E-state index contributed by atoms with van der Waals surface area (Å²) in [5, 5.41) is 22.2. The molecule has 2 aromatic rings. The smallest absolute Gasteiger partial charge is 0.489 e. The fourth-order valence-corrected chi connectivity index (χ4v) is 6.16. The van der Waals surface area contributed by atoms with E-state index in [0.29, 0.717) is 53.8 Å². The average molecular weight is 514 g/mol. The van der Waals surface area contributed by atoms with E-state index in [9.17, 15) is 23.1 Å². The Labute approximate surface area is 203 Å². The summed E-state index contributed by atoms with van der Waals surface area (Å²) in [7, 11) is 0. The summed E-state index contributed by atoms with van der Waals surface area (Å²) >= 11 is 5.98. The maximum absolute atomic E-state index is 12.7. The first-order valence-corrected chi connectivity index (χ1v) is 11.9. The van der Waals surface area contributed by atoms with E-state index in [4.69, 9.17) is 20.8 Å². The lowest BCUT2D eigenvalue weighted by Crippen LogP contribution is -2.77. The average Bonchev–Trinajstić information content (AvgIpc) is 3.15. The first kappa shape index (κ1) is 23.1. The van der Waals surface area contributed by atoms with Gasteiger partial charge in [-0.2, -0.15) is 0 Å². The van der Waals surface area contributed by atoms with Crippen molar-refractivity contribution in [2.24, 2.45) is 0 Å². The molecule has 0 radical (unpaired) electrons. The third kappa shape index (κ3) is 4.17. The number of alkyl halides is 3. The second kappa shape index (κ2) is 7.81. The van der Waals surface area contributed by atoms with E-state index in [2.05, 4.69) is 20.3 Å². The van der Waals surface area contributed by atoms with Gasteiger partial charge in [0.2, 0.25) is 17.7 Å². The number of fused-ring (bicyclic) bond motifs is 1. The Morgan fingerprint density at radius 2 is 1.97 bits per heavy atom. The normalized spacial score (nSPS) is 35.1. The van der Waals surface area contributed by atoms with E-state index < -0.39 is 24.7 Å². The lowest BCUT2D eigenvalue weighted by atomic mass is 9.39. The molecule has 5 aliphatic rings. The number of benzene rings is 1. The van der Waals surface area contributed by atoms with E-state index in [0.717, 1.165) is 0 Å². The molecule has 2 N–H and O–H groups in total. The SMILES string of the molecule is O=C(C[C@@H]1C[C@@H](O)c2cc(Cl)ccc2O1)NC12CC(c3nnc([C@H]4C[C@@H](OC(F)(F)F)C4)o3)(C1)C2. The van der Waals surface area contributed by atoms with Gasteiger partial charge in [0.15, 0.2) is 0 Å². The van der Waals surface area contributed by atoms with Crippen LogP contribution in [0.15, 0.2) is 22.6 Å². The Bertz CT molecular complexity index is 1150. The zero-order valence-corrected chi connectivity index (χ0v) is 19.2. The fourth-order valence-electron chi connectivity index (χ4n) is 5.98. The molecule has 12 heteroatoms. The first-order chi connectivity index (χ1) is 16.5. The molecule has 8 nitrogen and oxygen atoms in total. The monoisotopic (exact) mass is 513 g/mol. The van der Waals surface area contributed by atoms with Crippen LogP contribution in [0, 0.1) is 0 Å². The summed E-state index contributed by atoms with van der Waals surface area (Å²) in [6, 6.07) is 5.04. The lowest BCUT2D eigenvalue weighted by molar-refractivity contribution is -0.352. The molecule has 4 fully saturated rings. The zero-order chi connectivity index (χ0) is 24.6. The predicted molar refractivity (Wildman–Crippen MR) is 114 cm³/mol. The minimum absolute atomic E-state index is 0.126. The van der Waals surface area contributed by atoms with Crippen LogP contribution in [0.3, 0.4) is 0 Å². The highest BCUT2D eigenvalue weighted by Crippen LogP contribution is 2.67. The number of ether oxygens (including phenoxy) is 2. The largest absolute Gasteiger partial charge is 0.522 e. The molecule has 1 aromatic carbocycles. The van der Waals surface area contributed by atoms with Crippen LogP contribution in [0.4, 0.5) is 13.2 Å². The number of nitrogens with zero attached hydrogens (tertiary/aromatic N) is 2. The van der Waals surface area contributed by atoms with Crippen molar-refractivity contribution in [3.63, 3.8) is 0 Å². The fraction of sp³-hybridized carbons (Fsp3) is 0.609. The zero-order valence-electron chi connectivity index (χ0n) is 18.5. The summed E-state index contributed by atoms with van der Waals surface area (Å²) in [5.41, 5.74) is 0.0339. The number of hydrogen-bond acceptors (Lipinski definition) is 7. The third-order valence-corrected chi connectivity index (χ3v) is 7.83. The molecule has 0 spiro atoms. The Hall–Kier alpha value is -2.37. The van der Waals surface area contributed by atoms with Gasteiger partial charge in [0.1, 0.15) is 11.9 Å². The summed E-state index contributed by atoms with van der Waals surface area (Å²) in [4.78, 5) is 12.7. The van der Waals surface area contributed by atoms with E-state index >= 15 is 0 Å². The molecule has 7 rings (SSSR count). The number of carbonyl (C=O) groups excluding carboxylic acids is 1. The van der Waals surface area contributed by atoms with Crippen LogP contribution < -0.4 is 10.1 Å². The van der Waals surface area contributed by atoms with Crippen LogP contribution in [0.25, 0.3) is 0 Å². The molecule has 188 valence electrons. The van der Waals surface area contributed by atoms with Crippen LogP contribution in [0.5, 0.6) is 5.75 Å². The molecule has 35 heavy (non-hydrogen) atoms. The Morgan fingerprint density at radius 3 is 2.69 bits per heavy atom. The highest BCUT2D eigenvalue weighted by molar-refractivity contribution is 6.30. The number of nitrogens with one attached hydrogen (secondary N) is 1. The van der Waals surface area contributed by atoms with Gasteiger partial charge in [-0.25, -0.2) is 0 Å². The number of halogens is 4. The molecule has 2 heterocycles. The van der Waals surface area contributed by atoms with Gasteiger partial charge in [-0.3, -0.25) is 9.53 Å². The lowest BCUT2D eigenvalue weighted by Gasteiger charge is -2.68. The summed E-state index contributed by atoms with van der Waals surface area (Å²) in [6.07, 6.45) is -3.84. The standard InChI is InChI=1S/C23H23ClF3N3O5/c24-12-1-2-17-15(5-12)16(31)6-13(33-17)7-18(32)28-22-8-21(9-22,10-22)20-30-29-19(34-20)11-3-14(4-11)35-23(25,26)27/h1-2,5,11,13-14,16,31H,3-4,6-10H2,(H,28,32)/t11-,13-,14+,16+,21?,22?/m0/s1. The molecular weight excluding hydrogens is 491 g/mol. The minimum atomic E-state index is -4.64. The maximum atomic E-state index is 12.7. The number of carbonyl (C=O) groups is 1. The van der Waals surface area contributed by atoms with Gasteiger partial charge in [-0.05, 0) is 50.3 Å². The molecule has 2 atom stereocenters. The number of aromatic nitrogens is 2. The molecule has 4 saturated carbocycles. The highest BCUT2D eigenvalue weighted by atomic mass is 35.5. The maximum Gasteiger partial charge on any atom is 0.522 e. The van der Waals surface area contributed by atoms with Crippen molar-refractivity contribution < 1.29 is 37.0 Å². The Kier molecular flexibility index (Phi) is 5.15. The molecular formula is C23H23ClF3N3O5. The highest BCUT2D eigenvalue weighted by Gasteiger charge is 2.72. The van der Waals surface area contributed by atoms with Crippen LogP contribution in [0.2, 0.25) is 5.02 Å². The Morgan fingerprint density at radius 1 is 1.23 bits per heavy atom. The van der Waals surface area contributed by atoms with Gasteiger partial charge >= 0.3 is 6.36 Å². The quantitative estimate of drug-likeness (QED) is 0.599. The number of aliphatic hydroxyl groups excluding tert-OH is 1. The van der Waals surface area contributed by atoms with Crippen molar-refractivity contribution in [2.75, 3.05) is 0 Å². The van der Waals surface area contributed by atoms with Crippen LogP contribution >= 0.6 is 11.6 Å². The van der Waals surface area contributed by atoms with Crippen LogP contribution in [0.1, 0.15) is 74.3 Å². The molecule has 1 amide bonds. The van der Waals surface area contributed by atoms with Crippen LogP contribution in [-0.4, -0.2) is 45.3 Å². The predicted octanol–water partition coefficient (Wildman–Crippen LogP) is 4.07. The summed E-state index contributed by atoms with van der Waals surface area (Å²) in [6.45, 7) is 0. The Balaban J connectivity index is 0.991.